The lowest BCUT2D eigenvalue weighted by atomic mass is 10.1. The molecule has 164 valence electrons. The van der Waals surface area contributed by atoms with Crippen LogP contribution in [0.2, 0.25) is 0 Å². The number of carbonyl (C=O) groups excluding carboxylic acids is 2. The van der Waals surface area contributed by atoms with Gasteiger partial charge in [-0.1, -0.05) is 6.07 Å². The highest BCUT2D eigenvalue weighted by Crippen LogP contribution is 2.30. The fourth-order valence-corrected chi connectivity index (χ4v) is 4.80. The largest absolute Gasteiger partial charge is 0.358 e. The molecule has 2 aromatic carbocycles. The van der Waals surface area contributed by atoms with E-state index in [1.165, 1.54) is 24.3 Å². The van der Waals surface area contributed by atoms with E-state index in [2.05, 4.69) is 21.1 Å². The van der Waals surface area contributed by atoms with Gasteiger partial charge in [0.25, 0.3) is 15.9 Å². The van der Waals surface area contributed by atoms with E-state index in [1.807, 2.05) is 6.92 Å². The predicted molar refractivity (Wildman–Crippen MR) is 119 cm³/mol. The Morgan fingerprint density at radius 1 is 1.16 bits per heavy atom. The first-order valence-corrected chi connectivity index (χ1v) is 11.5. The third-order valence-electron chi connectivity index (χ3n) is 5.42. The number of aryl methyl sites for hydroxylation is 1. The summed E-state index contributed by atoms with van der Waals surface area (Å²) in [5, 5.41) is 12.7. The van der Waals surface area contributed by atoms with Gasteiger partial charge in [0.15, 0.2) is 0 Å². The highest BCUT2D eigenvalue weighted by Gasteiger charge is 2.22. The van der Waals surface area contributed by atoms with Crippen molar-refractivity contribution in [2.45, 2.75) is 18.2 Å². The summed E-state index contributed by atoms with van der Waals surface area (Å²) in [6, 6.07) is 11.2. The number of nitriles is 1. The summed E-state index contributed by atoms with van der Waals surface area (Å²) in [6.07, 6.45) is 1.78. The van der Waals surface area contributed by atoms with Crippen LogP contribution in [0, 0.1) is 18.3 Å². The minimum Gasteiger partial charge on any atom is -0.358 e. The van der Waals surface area contributed by atoms with E-state index in [0.29, 0.717) is 47.4 Å². The molecule has 3 N–H and O–H groups in total. The van der Waals surface area contributed by atoms with Gasteiger partial charge in [-0.2, -0.15) is 5.26 Å². The molecule has 1 fully saturated rings. The number of nitrogens with one attached hydrogen (secondary N) is 3. The molecule has 32 heavy (non-hydrogen) atoms. The van der Waals surface area contributed by atoms with Gasteiger partial charge < -0.3 is 15.2 Å². The Labute approximate surface area is 185 Å². The average Bonchev–Trinajstić information content (AvgIpc) is 3.11. The second-order valence-electron chi connectivity index (χ2n) is 7.52. The molecular formula is C22H21N5O4S. The van der Waals surface area contributed by atoms with E-state index in [9.17, 15) is 23.3 Å². The number of benzene rings is 2. The summed E-state index contributed by atoms with van der Waals surface area (Å²) in [4.78, 5) is 28.7. The first-order valence-electron chi connectivity index (χ1n) is 10.00. The molecule has 2 amide bonds. The number of carbonyl (C=O) groups is 2. The molecule has 9 nitrogen and oxygen atoms in total. The van der Waals surface area contributed by atoms with Crippen molar-refractivity contribution in [1.29, 1.82) is 5.26 Å². The van der Waals surface area contributed by atoms with Crippen molar-refractivity contribution < 1.29 is 18.0 Å². The van der Waals surface area contributed by atoms with Crippen molar-refractivity contribution in [2.75, 3.05) is 24.4 Å². The zero-order valence-corrected chi connectivity index (χ0v) is 18.1. The van der Waals surface area contributed by atoms with Crippen LogP contribution < -0.4 is 10.0 Å². The molecule has 0 atom stereocenters. The van der Waals surface area contributed by atoms with Crippen molar-refractivity contribution in [3.05, 3.63) is 59.3 Å². The maximum absolute atomic E-state index is 12.9. The number of hydrogen-bond acceptors (Lipinski definition) is 5. The number of hydrogen-bond donors (Lipinski definition) is 3. The van der Waals surface area contributed by atoms with Crippen LogP contribution in [0.1, 0.15) is 27.9 Å². The maximum atomic E-state index is 12.9. The number of anilines is 1. The Morgan fingerprint density at radius 2 is 1.91 bits per heavy atom. The molecule has 1 aliphatic heterocycles. The number of aromatic amines is 1. The molecule has 0 aliphatic carbocycles. The zero-order valence-electron chi connectivity index (χ0n) is 17.3. The molecule has 0 radical (unpaired) electrons. The standard InChI is InChI=1S/C22H21N5O4S/c1-14-2-7-18(21-20(14)16(12-23)13-25-21)26-32(30,31)17-5-3-15(4-6-17)22(29)27-10-8-19(28)24-9-11-27/h2-7,13,25-26H,8-11H2,1H3,(H,24,28). The van der Waals surface area contributed by atoms with E-state index in [0.717, 1.165) is 5.56 Å². The van der Waals surface area contributed by atoms with Crippen LogP contribution in [0.4, 0.5) is 5.69 Å². The first kappa shape index (κ1) is 21.4. The summed E-state index contributed by atoms with van der Waals surface area (Å²) in [5.41, 5.74) is 2.50. The van der Waals surface area contributed by atoms with Gasteiger partial charge in [0.2, 0.25) is 5.91 Å². The molecule has 3 aromatic rings. The molecule has 0 unspecified atom stereocenters. The smallest absolute Gasteiger partial charge is 0.261 e. The second-order valence-corrected chi connectivity index (χ2v) is 9.20. The molecule has 0 spiro atoms. The summed E-state index contributed by atoms with van der Waals surface area (Å²) in [6.45, 7) is 2.95. The van der Waals surface area contributed by atoms with E-state index < -0.39 is 10.0 Å². The SMILES string of the molecule is Cc1ccc(NS(=O)(=O)c2ccc(C(=O)N3CCNC(=O)CC3)cc2)c2[nH]cc(C#N)c12. The molecule has 0 bridgehead atoms. The number of H-pyrrole nitrogens is 1. The van der Waals surface area contributed by atoms with Crippen LogP contribution in [0.25, 0.3) is 10.9 Å². The first-order chi connectivity index (χ1) is 15.3. The molecule has 1 aromatic heterocycles. The Hall–Kier alpha value is -3.84. The highest BCUT2D eigenvalue weighted by molar-refractivity contribution is 7.92. The third kappa shape index (κ3) is 4.02. The average molecular weight is 452 g/mol. The van der Waals surface area contributed by atoms with Crippen molar-refractivity contribution in [3.63, 3.8) is 0 Å². The van der Waals surface area contributed by atoms with Crippen molar-refractivity contribution in [3.8, 4) is 6.07 Å². The summed E-state index contributed by atoms with van der Waals surface area (Å²) in [5.74, 6) is -0.351. The Bertz CT molecular complexity index is 1350. The Morgan fingerprint density at radius 3 is 2.62 bits per heavy atom. The monoisotopic (exact) mass is 451 g/mol. The number of rotatable bonds is 4. The van der Waals surface area contributed by atoms with E-state index >= 15 is 0 Å². The van der Waals surface area contributed by atoms with Crippen LogP contribution in [-0.2, 0) is 14.8 Å². The highest BCUT2D eigenvalue weighted by atomic mass is 32.2. The molecule has 4 rings (SSSR count). The molecule has 10 heteroatoms. The van der Waals surface area contributed by atoms with Gasteiger partial charge in [0.05, 0.1) is 21.7 Å². The lowest BCUT2D eigenvalue weighted by Crippen LogP contribution is -2.34. The van der Waals surface area contributed by atoms with E-state index in [4.69, 9.17) is 0 Å². The summed E-state index contributed by atoms with van der Waals surface area (Å²) in [7, 11) is -3.93. The minimum atomic E-state index is -3.93. The van der Waals surface area contributed by atoms with Crippen molar-refractivity contribution in [2.24, 2.45) is 0 Å². The number of fused-ring (bicyclic) bond motifs is 1. The van der Waals surface area contributed by atoms with Gasteiger partial charge in [0, 0.05) is 43.2 Å². The normalized spacial score (nSPS) is 14.5. The molecule has 2 heterocycles. The molecule has 1 aliphatic rings. The van der Waals surface area contributed by atoms with Crippen LogP contribution in [0.15, 0.2) is 47.5 Å². The molecule has 1 saturated heterocycles. The van der Waals surface area contributed by atoms with E-state index in [-0.39, 0.29) is 23.1 Å². The number of sulfonamides is 1. The number of aromatic nitrogens is 1. The van der Waals surface area contributed by atoms with Gasteiger partial charge in [-0.05, 0) is 42.8 Å². The van der Waals surface area contributed by atoms with E-state index in [1.54, 1.807) is 23.2 Å². The maximum Gasteiger partial charge on any atom is 0.261 e. The zero-order chi connectivity index (χ0) is 22.9. The minimum absolute atomic E-state index is 0.00236. The summed E-state index contributed by atoms with van der Waals surface area (Å²) >= 11 is 0. The van der Waals surface area contributed by atoms with Gasteiger partial charge >= 0.3 is 0 Å². The second kappa shape index (κ2) is 8.36. The topological polar surface area (TPSA) is 135 Å². The molecule has 0 saturated carbocycles. The molecular weight excluding hydrogens is 430 g/mol. The lowest BCUT2D eigenvalue weighted by Gasteiger charge is -2.19. The Balaban J connectivity index is 1.57. The van der Waals surface area contributed by atoms with Crippen LogP contribution in [0.5, 0.6) is 0 Å². The van der Waals surface area contributed by atoms with Crippen LogP contribution >= 0.6 is 0 Å². The van der Waals surface area contributed by atoms with Gasteiger partial charge in [-0.25, -0.2) is 8.42 Å². The Kier molecular flexibility index (Phi) is 5.59. The number of nitrogens with zero attached hydrogens (tertiary/aromatic N) is 2. The third-order valence-corrected chi connectivity index (χ3v) is 6.80. The van der Waals surface area contributed by atoms with Crippen LogP contribution in [-0.4, -0.2) is 49.8 Å². The van der Waals surface area contributed by atoms with Gasteiger partial charge in [0.1, 0.15) is 6.07 Å². The number of amides is 2. The quantitative estimate of drug-likeness (QED) is 0.558. The fraction of sp³-hybridized carbons (Fsp3) is 0.227. The summed E-state index contributed by atoms with van der Waals surface area (Å²) < 4.78 is 28.4. The van der Waals surface area contributed by atoms with Gasteiger partial charge in [-0.15, -0.1) is 0 Å². The fourth-order valence-electron chi connectivity index (χ4n) is 3.73. The van der Waals surface area contributed by atoms with Crippen molar-refractivity contribution in [1.82, 2.24) is 15.2 Å². The predicted octanol–water partition coefficient (Wildman–Crippen LogP) is 2.11. The van der Waals surface area contributed by atoms with Crippen molar-refractivity contribution >= 4 is 38.4 Å². The van der Waals surface area contributed by atoms with Gasteiger partial charge in [-0.3, -0.25) is 14.3 Å². The van der Waals surface area contributed by atoms with Crippen LogP contribution in [0.3, 0.4) is 0 Å². The lowest BCUT2D eigenvalue weighted by molar-refractivity contribution is -0.120.